The van der Waals surface area contributed by atoms with Gasteiger partial charge in [0.25, 0.3) is 5.91 Å². The summed E-state index contributed by atoms with van der Waals surface area (Å²) in [5.41, 5.74) is 2.85. The number of piperazine rings is 1. The molecule has 1 fully saturated rings. The maximum atomic E-state index is 13.4. The molecule has 0 radical (unpaired) electrons. The first-order chi connectivity index (χ1) is 16.0. The normalized spacial score (nSPS) is 18.8. The first-order valence-corrected chi connectivity index (χ1v) is 11.1. The predicted molar refractivity (Wildman–Crippen MR) is 125 cm³/mol. The average molecular weight is 451 g/mol. The number of nitrogens with zero attached hydrogens (tertiary/aromatic N) is 4. The summed E-state index contributed by atoms with van der Waals surface area (Å²) in [6.07, 6.45) is 0.627. The Labute approximate surface area is 194 Å². The molecule has 2 aliphatic heterocycles. The maximum absolute atomic E-state index is 13.4. The SMILES string of the molecule is COc1ccc(C2=NN(C(=O)CN3CCN(C(C)=O)CC3)[C@@H](c3ccc(OC)cc3)C2)cc1. The number of amides is 2. The molecule has 0 unspecified atom stereocenters. The van der Waals surface area contributed by atoms with Crippen molar-refractivity contribution >= 4 is 17.5 Å². The van der Waals surface area contributed by atoms with E-state index in [1.807, 2.05) is 53.4 Å². The number of rotatable bonds is 6. The monoisotopic (exact) mass is 450 g/mol. The summed E-state index contributed by atoms with van der Waals surface area (Å²) in [6, 6.07) is 15.4. The van der Waals surface area contributed by atoms with Crippen molar-refractivity contribution in [2.75, 3.05) is 46.9 Å². The highest BCUT2D eigenvalue weighted by Crippen LogP contribution is 2.34. The van der Waals surface area contributed by atoms with Gasteiger partial charge in [0, 0.05) is 39.5 Å². The van der Waals surface area contributed by atoms with Crippen LogP contribution in [0.4, 0.5) is 0 Å². The third kappa shape index (κ3) is 5.17. The molecular weight excluding hydrogens is 420 g/mol. The minimum Gasteiger partial charge on any atom is -0.497 e. The van der Waals surface area contributed by atoms with Gasteiger partial charge >= 0.3 is 0 Å². The van der Waals surface area contributed by atoms with E-state index in [1.165, 1.54) is 0 Å². The number of ether oxygens (including phenoxy) is 2. The van der Waals surface area contributed by atoms with Crippen molar-refractivity contribution < 1.29 is 19.1 Å². The van der Waals surface area contributed by atoms with E-state index in [0.29, 0.717) is 32.6 Å². The van der Waals surface area contributed by atoms with Gasteiger partial charge < -0.3 is 14.4 Å². The second-order valence-electron chi connectivity index (χ2n) is 8.29. The first-order valence-electron chi connectivity index (χ1n) is 11.1. The van der Waals surface area contributed by atoms with Crippen LogP contribution in [-0.2, 0) is 9.59 Å². The Morgan fingerprint density at radius 1 is 0.909 bits per heavy atom. The zero-order valence-corrected chi connectivity index (χ0v) is 19.4. The van der Waals surface area contributed by atoms with E-state index in [9.17, 15) is 9.59 Å². The Kier molecular flexibility index (Phi) is 6.93. The summed E-state index contributed by atoms with van der Waals surface area (Å²) < 4.78 is 10.6. The van der Waals surface area contributed by atoms with Crippen molar-refractivity contribution in [3.05, 3.63) is 59.7 Å². The molecule has 1 atom stereocenters. The largest absolute Gasteiger partial charge is 0.497 e. The van der Waals surface area contributed by atoms with Gasteiger partial charge in [0.2, 0.25) is 5.91 Å². The van der Waals surface area contributed by atoms with Gasteiger partial charge in [-0.25, -0.2) is 5.01 Å². The van der Waals surface area contributed by atoms with Crippen LogP contribution in [0.5, 0.6) is 11.5 Å². The van der Waals surface area contributed by atoms with E-state index >= 15 is 0 Å². The van der Waals surface area contributed by atoms with E-state index in [2.05, 4.69) is 4.90 Å². The van der Waals surface area contributed by atoms with Crippen LogP contribution in [0.15, 0.2) is 53.6 Å². The fraction of sp³-hybridized carbons (Fsp3) is 0.400. The number of methoxy groups -OCH3 is 2. The van der Waals surface area contributed by atoms with Gasteiger partial charge in [-0.15, -0.1) is 0 Å². The quantitative estimate of drug-likeness (QED) is 0.676. The maximum Gasteiger partial charge on any atom is 0.257 e. The smallest absolute Gasteiger partial charge is 0.257 e. The molecule has 0 spiro atoms. The van der Waals surface area contributed by atoms with Crippen LogP contribution in [0.25, 0.3) is 0 Å². The van der Waals surface area contributed by atoms with E-state index in [1.54, 1.807) is 26.2 Å². The van der Waals surface area contributed by atoms with Crippen molar-refractivity contribution in [3.8, 4) is 11.5 Å². The van der Waals surface area contributed by atoms with Crippen molar-refractivity contribution in [2.24, 2.45) is 5.10 Å². The summed E-state index contributed by atoms with van der Waals surface area (Å²) in [5.74, 6) is 1.58. The summed E-state index contributed by atoms with van der Waals surface area (Å²) >= 11 is 0. The molecule has 8 nitrogen and oxygen atoms in total. The van der Waals surface area contributed by atoms with Crippen LogP contribution in [0, 0.1) is 0 Å². The molecule has 0 aromatic heterocycles. The minimum absolute atomic E-state index is 0.0457. The highest BCUT2D eigenvalue weighted by Gasteiger charge is 2.34. The van der Waals surface area contributed by atoms with Gasteiger partial charge in [-0.1, -0.05) is 12.1 Å². The molecule has 4 rings (SSSR count). The predicted octanol–water partition coefficient (Wildman–Crippen LogP) is 2.55. The number of hydrogen-bond acceptors (Lipinski definition) is 6. The van der Waals surface area contributed by atoms with Crippen molar-refractivity contribution in [3.63, 3.8) is 0 Å². The number of hydrazone groups is 1. The summed E-state index contributed by atoms with van der Waals surface area (Å²) in [6.45, 7) is 4.51. The van der Waals surface area contributed by atoms with Crippen molar-refractivity contribution in [2.45, 2.75) is 19.4 Å². The molecule has 0 N–H and O–H groups in total. The summed E-state index contributed by atoms with van der Waals surface area (Å²) in [4.78, 5) is 28.9. The minimum atomic E-state index is -0.181. The highest BCUT2D eigenvalue weighted by molar-refractivity contribution is 6.03. The van der Waals surface area contributed by atoms with Gasteiger partial charge in [0.15, 0.2) is 0 Å². The topological polar surface area (TPSA) is 74.7 Å². The van der Waals surface area contributed by atoms with Crippen LogP contribution >= 0.6 is 0 Å². The Balaban J connectivity index is 1.53. The zero-order valence-electron chi connectivity index (χ0n) is 19.4. The van der Waals surface area contributed by atoms with Crippen molar-refractivity contribution in [1.82, 2.24) is 14.8 Å². The molecule has 33 heavy (non-hydrogen) atoms. The zero-order chi connectivity index (χ0) is 23.4. The summed E-state index contributed by atoms with van der Waals surface area (Å²) in [7, 11) is 3.27. The molecule has 0 aliphatic carbocycles. The molecule has 2 aromatic carbocycles. The van der Waals surface area contributed by atoms with Crippen LogP contribution in [-0.4, -0.2) is 79.3 Å². The second-order valence-corrected chi connectivity index (χ2v) is 8.29. The van der Waals surface area contributed by atoms with Crippen molar-refractivity contribution in [1.29, 1.82) is 0 Å². The fourth-order valence-electron chi connectivity index (χ4n) is 4.27. The third-order valence-corrected chi connectivity index (χ3v) is 6.27. The van der Waals surface area contributed by atoms with Gasteiger partial charge in [-0.3, -0.25) is 14.5 Å². The van der Waals surface area contributed by atoms with Gasteiger partial charge in [-0.05, 0) is 47.5 Å². The Hall–Kier alpha value is -3.39. The van der Waals surface area contributed by atoms with E-state index in [4.69, 9.17) is 14.6 Å². The summed E-state index contributed by atoms with van der Waals surface area (Å²) in [5, 5.41) is 6.38. The average Bonchev–Trinajstić information content (AvgIpc) is 3.30. The molecule has 0 bridgehead atoms. The molecule has 8 heteroatoms. The molecule has 1 saturated heterocycles. The third-order valence-electron chi connectivity index (χ3n) is 6.27. The van der Waals surface area contributed by atoms with Crippen LogP contribution < -0.4 is 9.47 Å². The number of carbonyl (C=O) groups excluding carboxylic acids is 2. The molecule has 174 valence electrons. The Morgan fingerprint density at radius 3 is 2.03 bits per heavy atom. The first kappa shape index (κ1) is 22.8. The van der Waals surface area contributed by atoms with Crippen LogP contribution in [0.2, 0.25) is 0 Å². The Bertz CT molecular complexity index is 1010. The molecule has 0 saturated carbocycles. The molecule has 2 aliphatic rings. The second kappa shape index (κ2) is 10.0. The van der Waals surface area contributed by atoms with Gasteiger partial charge in [-0.2, -0.15) is 5.10 Å². The number of carbonyl (C=O) groups is 2. The lowest BCUT2D eigenvalue weighted by Crippen LogP contribution is -2.50. The van der Waals surface area contributed by atoms with Gasteiger partial charge in [0.05, 0.1) is 32.5 Å². The molecule has 2 amide bonds. The van der Waals surface area contributed by atoms with Crippen LogP contribution in [0.3, 0.4) is 0 Å². The van der Waals surface area contributed by atoms with Crippen LogP contribution in [0.1, 0.15) is 30.5 Å². The fourth-order valence-corrected chi connectivity index (χ4v) is 4.27. The molecule has 2 aromatic rings. The lowest BCUT2D eigenvalue weighted by atomic mass is 9.98. The highest BCUT2D eigenvalue weighted by atomic mass is 16.5. The van der Waals surface area contributed by atoms with Gasteiger partial charge in [0.1, 0.15) is 11.5 Å². The standard InChI is InChI=1S/C25H30N4O4/c1-18(30)28-14-12-27(13-15-28)17-25(31)29-24(20-6-10-22(33-3)11-7-20)16-23(26-29)19-4-8-21(32-2)9-5-19/h4-11,24H,12-17H2,1-3H3/t24-/m1/s1. The molecule has 2 heterocycles. The number of hydrogen-bond donors (Lipinski definition) is 0. The van der Waals surface area contributed by atoms with E-state index < -0.39 is 0 Å². The lowest BCUT2D eigenvalue weighted by molar-refractivity contribution is -0.135. The number of benzene rings is 2. The Morgan fingerprint density at radius 2 is 1.48 bits per heavy atom. The van der Waals surface area contributed by atoms with E-state index in [0.717, 1.165) is 28.3 Å². The lowest BCUT2D eigenvalue weighted by Gasteiger charge is -2.34. The molecular formula is C25H30N4O4. The van der Waals surface area contributed by atoms with E-state index in [-0.39, 0.29) is 24.4 Å².